The third-order valence-electron chi connectivity index (χ3n) is 6.38. The lowest BCUT2D eigenvalue weighted by Gasteiger charge is -2.54. The number of rotatable bonds is 1. The molecule has 136 valence electrons. The number of nitrogens with one attached hydrogen (secondary N) is 1. The van der Waals surface area contributed by atoms with Crippen molar-refractivity contribution in [3.05, 3.63) is 0 Å². The Morgan fingerprint density at radius 3 is 2.27 bits per heavy atom. The van der Waals surface area contributed by atoms with Gasteiger partial charge in [-0.2, -0.15) is 15.8 Å². The molecule has 1 spiro atoms. The van der Waals surface area contributed by atoms with Crippen molar-refractivity contribution < 1.29 is 18.9 Å². The quantitative estimate of drug-likeness (QED) is 0.758. The summed E-state index contributed by atoms with van der Waals surface area (Å²) in [5.74, 6) is -3.31. The van der Waals surface area contributed by atoms with Crippen molar-refractivity contribution in [2.75, 3.05) is 13.2 Å². The van der Waals surface area contributed by atoms with Crippen LogP contribution in [-0.2, 0) is 18.9 Å². The van der Waals surface area contributed by atoms with Crippen molar-refractivity contribution in [2.24, 2.45) is 22.7 Å². The summed E-state index contributed by atoms with van der Waals surface area (Å²) in [4.78, 5) is 0. The molecule has 3 heterocycles. The maximum absolute atomic E-state index is 10.2. The molecule has 8 heteroatoms. The second kappa shape index (κ2) is 5.18. The van der Waals surface area contributed by atoms with Gasteiger partial charge in [0, 0.05) is 19.3 Å². The van der Waals surface area contributed by atoms with E-state index >= 15 is 0 Å². The predicted molar refractivity (Wildman–Crippen MR) is 84.9 cm³/mol. The molecule has 4 fully saturated rings. The van der Waals surface area contributed by atoms with Crippen LogP contribution in [0.2, 0.25) is 0 Å². The van der Waals surface area contributed by atoms with Crippen LogP contribution in [0.15, 0.2) is 0 Å². The molecule has 0 amide bonds. The lowest BCUT2D eigenvalue weighted by atomic mass is 9.50. The molecule has 4 aliphatic rings. The fourth-order valence-electron chi connectivity index (χ4n) is 5.21. The summed E-state index contributed by atoms with van der Waals surface area (Å²) in [6, 6.07) is 6.24. The van der Waals surface area contributed by atoms with Crippen LogP contribution in [-0.4, -0.2) is 36.8 Å². The summed E-state index contributed by atoms with van der Waals surface area (Å²) in [6.07, 6.45) is 0.295. The molecule has 1 N–H and O–H groups in total. The van der Waals surface area contributed by atoms with Crippen molar-refractivity contribution in [2.45, 2.75) is 50.8 Å². The summed E-state index contributed by atoms with van der Waals surface area (Å²) >= 11 is 0. The fourth-order valence-corrected chi connectivity index (χ4v) is 5.21. The van der Waals surface area contributed by atoms with E-state index in [0.29, 0.717) is 26.1 Å². The summed E-state index contributed by atoms with van der Waals surface area (Å²) in [5.41, 5.74) is -3.55. The van der Waals surface area contributed by atoms with Crippen LogP contribution in [0.3, 0.4) is 0 Å². The molecule has 3 aliphatic heterocycles. The molecule has 1 aliphatic carbocycles. The minimum atomic E-state index is -1.84. The van der Waals surface area contributed by atoms with Crippen LogP contribution in [0, 0.1) is 62.1 Å². The van der Waals surface area contributed by atoms with E-state index in [1.807, 2.05) is 26.0 Å². The Kier molecular flexibility index (Phi) is 3.43. The van der Waals surface area contributed by atoms with Gasteiger partial charge in [0.25, 0.3) is 0 Å². The predicted octanol–water partition coefficient (Wildman–Crippen LogP) is 1.83. The van der Waals surface area contributed by atoms with E-state index in [1.54, 1.807) is 0 Å². The first kappa shape index (κ1) is 17.2. The van der Waals surface area contributed by atoms with E-state index in [-0.39, 0.29) is 18.2 Å². The first-order chi connectivity index (χ1) is 12.4. The van der Waals surface area contributed by atoms with Gasteiger partial charge in [-0.15, -0.1) is 0 Å². The first-order valence-electron chi connectivity index (χ1n) is 8.83. The number of nitriles is 3. The standard InChI is InChI=1S/C18H20N4O4/c1-11(2)13-15(8-19,9-20)17(10-21)12-7-16(23-5-6-24-16)3-4-18(12,25-13)26-14(17)22/h11-13,22H,3-7H2,1-2H3. The van der Waals surface area contributed by atoms with Gasteiger partial charge in [-0.1, -0.05) is 13.8 Å². The van der Waals surface area contributed by atoms with Gasteiger partial charge >= 0.3 is 0 Å². The third kappa shape index (κ3) is 1.69. The van der Waals surface area contributed by atoms with Crippen LogP contribution in [0.5, 0.6) is 0 Å². The van der Waals surface area contributed by atoms with E-state index in [0.717, 1.165) is 0 Å². The third-order valence-corrected chi connectivity index (χ3v) is 6.38. The Balaban J connectivity index is 1.92. The molecule has 2 bridgehead atoms. The molecule has 0 aromatic rings. The summed E-state index contributed by atoms with van der Waals surface area (Å²) in [6.45, 7) is 4.59. The summed E-state index contributed by atoms with van der Waals surface area (Å²) in [7, 11) is 0. The van der Waals surface area contributed by atoms with Gasteiger partial charge in [-0.3, -0.25) is 5.41 Å². The Morgan fingerprint density at radius 2 is 1.73 bits per heavy atom. The molecule has 26 heavy (non-hydrogen) atoms. The average Bonchev–Trinajstić information content (AvgIpc) is 3.15. The summed E-state index contributed by atoms with van der Waals surface area (Å²) in [5, 5.41) is 38.7. The smallest absolute Gasteiger partial charge is 0.217 e. The minimum absolute atomic E-state index is 0.204. The van der Waals surface area contributed by atoms with E-state index in [4.69, 9.17) is 24.4 Å². The van der Waals surface area contributed by atoms with Crippen LogP contribution in [0.1, 0.15) is 33.1 Å². The Labute approximate surface area is 151 Å². The zero-order valence-electron chi connectivity index (χ0n) is 14.7. The van der Waals surface area contributed by atoms with Gasteiger partial charge in [-0.25, -0.2) is 0 Å². The zero-order valence-corrected chi connectivity index (χ0v) is 14.7. The summed E-state index contributed by atoms with van der Waals surface area (Å²) < 4.78 is 23.7. The van der Waals surface area contributed by atoms with E-state index in [2.05, 4.69) is 6.07 Å². The van der Waals surface area contributed by atoms with E-state index in [1.165, 1.54) is 0 Å². The second-order valence-corrected chi connectivity index (χ2v) is 7.84. The molecule has 1 saturated carbocycles. The van der Waals surface area contributed by atoms with E-state index < -0.39 is 34.4 Å². The molecule has 3 saturated heterocycles. The van der Waals surface area contributed by atoms with Crippen LogP contribution in [0.25, 0.3) is 0 Å². The fraction of sp³-hybridized carbons (Fsp3) is 0.778. The van der Waals surface area contributed by atoms with Crippen LogP contribution in [0.4, 0.5) is 0 Å². The van der Waals surface area contributed by atoms with Crippen molar-refractivity contribution in [1.29, 1.82) is 21.2 Å². The molecule has 0 radical (unpaired) electrons. The normalized spacial score (nSPS) is 41.8. The first-order valence-corrected chi connectivity index (χ1v) is 8.83. The minimum Gasteiger partial charge on any atom is -0.447 e. The van der Waals surface area contributed by atoms with E-state index in [9.17, 15) is 15.8 Å². The van der Waals surface area contributed by atoms with Crippen LogP contribution >= 0.6 is 0 Å². The Bertz CT molecular complexity index is 770. The maximum Gasteiger partial charge on any atom is 0.217 e. The van der Waals surface area contributed by atoms with Gasteiger partial charge in [0.1, 0.15) is 0 Å². The molecular weight excluding hydrogens is 336 g/mol. The van der Waals surface area contributed by atoms with Gasteiger partial charge < -0.3 is 18.9 Å². The lowest BCUT2D eigenvalue weighted by Crippen LogP contribution is -2.66. The van der Waals surface area contributed by atoms with Crippen molar-refractivity contribution >= 4 is 5.90 Å². The van der Waals surface area contributed by atoms with Gasteiger partial charge in [0.05, 0.1) is 43.4 Å². The molecular formula is C18H20N4O4. The lowest BCUT2D eigenvalue weighted by molar-refractivity contribution is -0.333. The number of hydrogen-bond donors (Lipinski definition) is 1. The highest BCUT2D eigenvalue weighted by atomic mass is 16.7. The van der Waals surface area contributed by atoms with Crippen LogP contribution < -0.4 is 0 Å². The van der Waals surface area contributed by atoms with Crippen molar-refractivity contribution in [3.63, 3.8) is 0 Å². The highest BCUT2D eigenvalue weighted by molar-refractivity contribution is 5.89. The van der Waals surface area contributed by atoms with Gasteiger partial charge in [-0.05, 0) is 5.92 Å². The molecule has 0 aromatic heterocycles. The SMILES string of the molecule is CC(C)C1OC23CCC4(CC2C(C#N)(C(=N)O3)C1(C#N)C#N)OCCO4. The Hall–Kier alpha value is -2.18. The zero-order chi connectivity index (χ0) is 18.8. The molecule has 4 atom stereocenters. The van der Waals surface area contributed by atoms with Gasteiger partial charge in [0.15, 0.2) is 16.6 Å². The molecule has 8 nitrogen and oxygen atoms in total. The number of ether oxygens (including phenoxy) is 4. The number of hydrogen-bond acceptors (Lipinski definition) is 8. The Morgan fingerprint density at radius 1 is 1.08 bits per heavy atom. The maximum atomic E-state index is 10.2. The molecule has 4 rings (SSSR count). The van der Waals surface area contributed by atoms with Crippen molar-refractivity contribution in [3.8, 4) is 18.2 Å². The second-order valence-electron chi connectivity index (χ2n) is 7.84. The highest BCUT2D eigenvalue weighted by Crippen LogP contribution is 2.68. The molecule has 0 aromatic carbocycles. The monoisotopic (exact) mass is 356 g/mol. The van der Waals surface area contributed by atoms with Crippen molar-refractivity contribution in [1.82, 2.24) is 0 Å². The van der Waals surface area contributed by atoms with Gasteiger partial charge in [0.2, 0.25) is 11.7 Å². The highest BCUT2D eigenvalue weighted by Gasteiger charge is 2.82. The average molecular weight is 356 g/mol. The topological polar surface area (TPSA) is 132 Å². The molecule has 4 unspecified atom stereocenters. The number of nitrogens with zero attached hydrogens (tertiary/aromatic N) is 3. The largest absolute Gasteiger partial charge is 0.447 e.